The molecule has 0 aliphatic heterocycles. The molecule has 2 atom stereocenters. The highest BCUT2D eigenvalue weighted by molar-refractivity contribution is 6.09. The molecular formula is C50H36N2. The van der Waals surface area contributed by atoms with Crippen molar-refractivity contribution in [2.75, 3.05) is 4.90 Å². The Morgan fingerprint density at radius 2 is 1.06 bits per heavy atom. The summed E-state index contributed by atoms with van der Waals surface area (Å²) in [7, 11) is 0. The average molecular weight is 665 g/mol. The lowest BCUT2D eigenvalue weighted by Crippen LogP contribution is -2.22. The van der Waals surface area contributed by atoms with Crippen LogP contribution in [0.1, 0.15) is 17.0 Å². The van der Waals surface area contributed by atoms with E-state index in [1.165, 1.54) is 60.9 Å². The van der Waals surface area contributed by atoms with E-state index in [0.29, 0.717) is 5.92 Å². The van der Waals surface area contributed by atoms with Crippen molar-refractivity contribution in [3.05, 3.63) is 217 Å². The molecule has 0 bridgehead atoms. The number of allylic oxidation sites excluding steroid dienone is 4. The molecule has 0 amide bonds. The van der Waals surface area contributed by atoms with Crippen molar-refractivity contribution < 1.29 is 0 Å². The van der Waals surface area contributed by atoms with Crippen molar-refractivity contribution in [2.45, 2.75) is 5.92 Å². The van der Waals surface area contributed by atoms with Crippen molar-refractivity contribution >= 4 is 39.3 Å². The zero-order valence-electron chi connectivity index (χ0n) is 28.7. The lowest BCUT2D eigenvalue weighted by Gasteiger charge is -2.34. The number of benzene rings is 7. The summed E-state index contributed by atoms with van der Waals surface area (Å²) in [5.74, 6) is 0.623. The van der Waals surface area contributed by atoms with E-state index in [1.54, 1.807) is 0 Å². The van der Waals surface area contributed by atoms with E-state index in [-0.39, 0.29) is 5.92 Å². The van der Waals surface area contributed by atoms with Crippen LogP contribution in [0, 0.1) is 5.92 Å². The van der Waals surface area contributed by atoms with E-state index >= 15 is 0 Å². The minimum Gasteiger partial charge on any atom is -0.310 e. The highest BCUT2D eigenvalue weighted by atomic mass is 15.1. The molecule has 52 heavy (non-hydrogen) atoms. The van der Waals surface area contributed by atoms with Crippen LogP contribution in [0.4, 0.5) is 11.4 Å². The fourth-order valence-electron chi connectivity index (χ4n) is 8.26. The normalized spacial score (nSPS) is 16.0. The molecular weight excluding hydrogens is 629 g/mol. The fourth-order valence-corrected chi connectivity index (χ4v) is 8.26. The SMILES string of the molecule is C1=CC2C=Cc3ccccc3C2C=C1N(c1ccc(-c2ccc(-n3c4ccccc4c4ccccc43)cc2)cc1)c1ccccc1-c1ccccc1. The molecule has 246 valence electrons. The third-order valence-electron chi connectivity index (χ3n) is 10.8. The van der Waals surface area contributed by atoms with Crippen LogP contribution < -0.4 is 4.90 Å². The fraction of sp³-hybridized carbons (Fsp3) is 0.0400. The molecule has 0 saturated carbocycles. The predicted molar refractivity (Wildman–Crippen MR) is 219 cm³/mol. The number of nitrogens with zero attached hydrogens (tertiary/aromatic N) is 2. The first kappa shape index (κ1) is 30.2. The van der Waals surface area contributed by atoms with Gasteiger partial charge in [0.2, 0.25) is 0 Å². The molecule has 2 aliphatic carbocycles. The molecule has 1 heterocycles. The van der Waals surface area contributed by atoms with Crippen molar-refractivity contribution in [1.29, 1.82) is 0 Å². The Morgan fingerprint density at radius 1 is 0.462 bits per heavy atom. The second-order valence-corrected chi connectivity index (χ2v) is 13.7. The van der Waals surface area contributed by atoms with Gasteiger partial charge >= 0.3 is 0 Å². The van der Waals surface area contributed by atoms with E-state index in [2.05, 4.69) is 216 Å². The van der Waals surface area contributed by atoms with Gasteiger partial charge in [-0.1, -0.05) is 158 Å². The van der Waals surface area contributed by atoms with Crippen molar-refractivity contribution in [1.82, 2.24) is 4.57 Å². The topological polar surface area (TPSA) is 8.17 Å². The first-order valence-electron chi connectivity index (χ1n) is 18.1. The smallest absolute Gasteiger partial charge is 0.0541 e. The van der Waals surface area contributed by atoms with Crippen molar-refractivity contribution in [3.8, 4) is 27.9 Å². The molecule has 0 spiro atoms. The van der Waals surface area contributed by atoms with Gasteiger partial charge in [-0.3, -0.25) is 0 Å². The maximum atomic E-state index is 2.47. The molecule has 7 aromatic carbocycles. The lowest BCUT2D eigenvalue weighted by molar-refractivity contribution is 0.684. The number of hydrogen-bond acceptors (Lipinski definition) is 1. The van der Waals surface area contributed by atoms with E-state index in [1.807, 2.05) is 0 Å². The summed E-state index contributed by atoms with van der Waals surface area (Å²) in [4.78, 5) is 2.44. The Kier molecular flexibility index (Phi) is 7.32. The molecule has 0 radical (unpaired) electrons. The van der Waals surface area contributed by atoms with Gasteiger partial charge in [0.25, 0.3) is 0 Å². The van der Waals surface area contributed by atoms with Gasteiger partial charge in [-0.15, -0.1) is 0 Å². The molecule has 2 nitrogen and oxygen atoms in total. The van der Waals surface area contributed by atoms with Crippen molar-refractivity contribution in [3.63, 3.8) is 0 Å². The van der Waals surface area contributed by atoms with Gasteiger partial charge in [0.15, 0.2) is 0 Å². The molecule has 10 rings (SSSR count). The number of anilines is 2. The standard InChI is InChI=1S/C50H36N2/c1-2-12-37(13-3-1)44-16-6-9-19-48(44)51(42-33-28-39-23-22-38-14-4-5-15-43(38)47(39)34-42)40-29-24-35(25-30-40)36-26-31-41(32-27-36)52-49-20-10-7-17-45(49)46-18-8-11-21-50(46)52/h1-34,39,47H. The Balaban J connectivity index is 1.04. The van der Waals surface area contributed by atoms with E-state index < -0.39 is 0 Å². The van der Waals surface area contributed by atoms with E-state index in [0.717, 1.165) is 17.1 Å². The molecule has 2 heteroatoms. The first-order valence-corrected chi connectivity index (χ1v) is 18.1. The number of fused-ring (bicyclic) bond motifs is 6. The van der Waals surface area contributed by atoms with Crippen LogP contribution in [0.25, 0.3) is 55.8 Å². The van der Waals surface area contributed by atoms with Crippen LogP contribution in [0.3, 0.4) is 0 Å². The molecule has 0 N–H and O–H groups in total. The third-order valence-corrected chi connectivity index (χ3v) is 10.8. The van der Waals surface area contributed by atoms with Gasteiger partial charge in [0.05, 0.1) is 16.7 Å². The lowest BCUT2D eigenvalue weighted by atomic mass is 9.76. The maximum absolute atomic E-state index is 2.47. The summed E-state index contributed by atoms with van der Waals surface area (Å²) in [5, 5.41) is 2.55. The van der Waals surface area contributed by atoms with Crippen LogP contribution >= 0.6 is 0 Å². The minimum atomic E-state index is 0.278. The van der Waals surface area contributed by atoms with Crippen LogP contribution in [0.5, 0.6) is 0 Å². The molecule has 1 aromatic heterocycles. The first-order chi connectivity index (χ1) is 25.8. The largest absolute Gasteiger partial charge is 0.310 e. The Labute approximate surface area is 304 Å². The average Bonchev–Trinajstić information content (AvgIpc) is 3.56. The summed E-state index contributed by atoms with van der Waals surface area (Å²) in [6, 6.07) is 63.7. The van der Waals surface area contributed by atoms with Gasteiger partial charge in [0, 0.05) is 45.2 Å². The monoisotopic (exact) mass is 664 g/mol. The van der Waals surface area contributed by atoms with Gasteiger partial charge in [-0.05, 0) is 76.4 Å². The zero-order chi connectivity index (χ0) is 34.4. The Morgan fingerprint density at radius 3 is 1.81 bits per heavy atom. The van der Waals surface area contributed by atoms with Gasteiger partial charge in [-0.2, -0.15) is 0 Å². The second-order valence-electron chi connectivity index (χ2n) is 13.7. The number of rotatable bonds is 6. The Hall–Kier alpha value is -6.64. The quantitative estimate of drug-likeness (QED) is 0.172. The van der Waals surface area contributed by atoms with E-state index in [9.17, 15) is 0 Å². The summed E-state index contributed by atoms with van der Waals surface area (Å²) >= 11 is 0. The minimum absolute atomic E-state index is 0.278. The zero-order valence-corrected chi connectivity index (χ0v) is 28.7. The van der Waals surface area contributed by atoms with Crippen LogP contribution in [0.2, 0.25) is 0 Å². The van der Waals surface area contributed by atoms with E-state index in [4.69, 9.17) is 0 Å². The van der Waals surface area contributed by atoms with Gasteiger partial charge in [-0.25, -0.2) is 0 Å². The molecule has 2 unspecified atom stereocenters. The molecule has 0 saturated heterocycles. The maximum Gasteiger partial charge on any atom is 0.0541 e. The molecule has 0 fully saturated rings. The summed E-state index contributed by atoms with van der Waals surface area (Å²) in [6.07, 6.45) is 11.8. The number of aromatic nitrogens is 1. The predicted octanol–water partition coefficient (Wildman–Crippen LogP) is 13.1. The third kappa shape index (κ3) is 5.11. The van der Waals surface area contributed by atoms with Gasteiger partial charge < -0.3 is 9.47 Å². The Bertz CT molecular complexity index is 2620. The van der Waals surface area contributed by atoms with Crippen LogP contribution in [-0.2, 0) is 0 Å². The highest BCUT2D eigenvalue weighted by Crippen LogP contribution is 2.44. The summed E-state index contributed by atoms with van der Waals surface area (Å²) in [5.41, 5.74) is 14.5. The van der Waals surface area contributed by atoms with Crippen molar-refractivity contribution in [2.24, 2.45) is 5.92 Å². The van der Waals surface area contributed by atoms with Crippen LogP contribution in [0.15, 0.2) is 206 Å². The summed E-state index contributed by atoms with van der Waals surface area (Å²) < 4.78 is 2.37. The second kappa shape index (κ2) is 12.6. The molecule has 2 aliphatic rings. The van der Waals surface area contributed by atoms with Crippen LogP contribution in [-0.4, -0.2) is 4.57 Å². The molecule has 8 aromatic rings. The number of para-hydroxylation sites is 3. The highest BCUT2D eigenvalue weighted by Gasteiger charge is 2.28. The number of hydrogen-bond donors (Lipinski definition) is 0. The summed E-state index contributed by atoms with van der Waals surface area (Å²) in [6.45, 7) is 0. The van der Waals surface area contributed by atoms with Gasteiger partial charge in [0.1, 0.15) is 0 Å².